The Morgan fingerprint density at radius 3 is 2.52 bits per heavy atom. The van der Waals surface area contributed by atoms with E-state index in [1.807, 2.05) is 12.1 Å². The molecule has 0 aromatic heterocycles. The van der Waals surface area contributed by atoms with Crippen molar-refractivity contribution in [2.24, 2.45) is 4.99 Å². The van der Waals surface area contributed by atoms with Crippen LogP contribution in [-0.4, -0.2) is 62.4 Å². The van der Waals surface area contributed by atoms with Crippen LogP contribution < -0.4 is 0 Å². The minimum Gasteiger partial charge on any atom is -0.417 e. The van der Waals surface area contributed by atoms with Crippen LogP contribution in [0.25, 0.3) is 0 Å². The second-order valence-electron chi connectivity index (χ2n) is 9.58. The quantitative estimate of drug-likeness (QED) is 0.447. The summed E-state index contributed by atoms with van der Waals surface area (Å²) in [5.74, 6) is 1.09. The summed E-state index contributed by atoms with van der Waals surface area (Å²) >= 11 is 6.02. The van der Waals surface area contributed by atoms with E-state index in [2.05, 4.69) is 73.9 Å². The predicted octanol–water partition coefficient (Wildman–Crippen LogP) is 4.97. The summed E-state index contributed by atoms with van der Waals surface area (Å²) in [6, 6.07) is 8.07. The lowest BCUT2D eigenvalue weighted by Gasteiger charge is -2.37. The van der Waals surface area contributed by atoms with Crippen LogP contribution in [0.5, 0.6) is 0 Å². The van der Waals surface area contributed by atoms with Gasteiger partial charge in [0, 0.05) is 38.0 Å². The van der Waals surface area contributed by atoms with E-state index in [1.165, 1.54) is 11.3 Å². The molecule has 2 aliphatic heterocycles. The summed E-state index contributed by atoms with van der Waals surface area (Å²) < 4.78 is 6.34. The summed E-state index contributed by atoms with van der Waals surface area (Å²) in [7, 11) is 0.456. The summed E-state index contributed by atoms with van der Waals surface area (Å²) in [6.07, 6.45) is 3.31. The van der Waals surface area contributed by atoms with E-state index >= 15 is 0 Å². The second kappa shape index (κ2) is 8.70. The van der Waals surface area contributed by atoms with Gasteiger partial charge in [0.1, 0.15) is 6.67 Å². The lowest BCUT2D eigenvalue weighted by Crippen LogP contribution is -2.44. The van der Waals surface area contributed by atoms with Crippen molar-refractivity contribution in [1.29, 1.82) is 0 Å². The molecule has 0 bridgehead atoms. The molecular weight excluding hydrogens is 400 g/mol. The van der Waals surface area contributed by atoms with Gasteiger partial charge in [0.25, 0.3) is 0 Å². The van der Waals surface area contributed by atoms with E-state index in [0.29, 0.717) is 6.67 Å². The monoisotopic (exact) mass is 434 g/mol. The fraction of sp³-hybridized carbons (Fsp3) is 0.591. The number of hydrogen-bond acceptors (Lipinski definition) is 5. The lowest BCUT2D eigenvalue weighted by molar-refractivity contribution is 0.217. The van der Waals surface area contributed by atoms with Crippen molar-refractivity contribution in [3.05, 3.63) is 46.7 Å². The van der Waals surface area contributed by atoms with E-state index in [1.54, 1.807) is 0 Å². The van der Waals surface area contributed by atoms with Gasteiger partial charge in [-0.3, -0.25) is 0 Å². The molecule has 1 aromatic rings. The average Bonchev–Trinajstić information content (AvgIpc) is 3.03. The molecule has 0 saturated carbocycles. The van der Waals surface area contributed by atoms with Crippen LogP contribution in [0.4, 0.5) is 0 Å². The van der Waals surface area contributed by atoms with Crippen LogP contribution in [0.1, 0.15) is 32.8 Å². The molecule has 1 aromatic carbocycles. The maximum atomic E-state index is 6.34. The minimum absolute atomic E-state index is 0.262. The van der Waals surface area contributed by atoms with Gasteiger partial charge in [-0.25, -0.2) is 4.99 Å². The van der Waals surface area contributed by atoms with Crippen molar-refractivity contribution in [2.75, 3.05) is 33.5 Å². The highest BCUT2D eigenvalue weighted by atomic mass is 35.5. The van der Waals surface area contributed by atoms with Crippen molar-refractivity contribution in [3.63, 3.8) is 0 Å². The first-order chi connectivity index (χ1) is 13.6. The van der Waals surface area contributed by atoms with Crippen molar-refractivity contribution in [3.8, 4) is 0 Å². The second-order valence-corrected chi connectivity index (χ2v) is 14.8. The molecule has 3 rings (SSSR count). The zero-order valence-electron chi connectivity index (χ0n) is 18.7. The molecule has 0 amide bonds. The third-order valence-electron chi connectivity index (χ3n) is 6.17. The van der Waals surface area contributed by atoms with Gasteiger partial charge >= 0.3 is 0 Å². The molecule has 7 heteroatoms. The Morgan fingerprint density at radius 2 is 1.86 bits per heavy atom. The lowest BCUT2D eigenvalue weighted by atomic mass is 10.2. The third kappa shape index (κ3) is 5.35. The van der Waals surface area contributed by atoms with Crippen LogP contribution in [-0.2, 0) is 11.0 Å². The summed E-state index contributed by atoms with van der Waals surface area (Å²) in [5, 5.41) is 1.03. The first-order valence-electron chi connectivity index (χ1n) is 10.4. The van der Waals surface area contributed by atoms with Crippen LogP contribution in [0.15, 0.2) is 41.2 Å². The molecule has 0 N–H and O–H groups in total. The first kappa shape index (κ1) is 22.2. The van der Waals surface area contributed by atoms with Crippen LogP contribution in [0.3, 0.4) is 0 Å². The van der Waals surface area contributed by atoms with Crippen molar-refractivity contribution in [1.82, 2.24) is 14.7 Å². The topological polar surface area (TPSA) is 31.3 Å². The predicted molar refractivity (Wildman–Crippen MR) is 124 cm³/mol. The molecule has 0 spiro atoms. The number of amidine groups is 1. The summed E-state index contributed by atoms with van der Waals surface area (Å²) in [6.45, 7) is 15.7. The Balaban J connectivity index is 1.58. The zero-order valence-corrected chi connectivity index (χ0v) is 20.5. The van der Waals surface area contributed by atoms with Gasteiger partial charge in [-0.15, -0.1) is 0 Å². The SMILES string of the molecule is CN1CN(CCCO[Si](C)(C)C(C)(C)C)C=C2C1=NCN2Cc1ccc(Cl)cc1. The normalized spacial score (nSPS) is 17.4. The molecule has 5 nitrogen and oxygen atoms in total. The highest BCUT2D eigenvalue weighted by Gasteiger charge is 2.37. The number of rotatable bonds is 7. The minimum atomic E-state index is -1.67. The highest BCUT2D eigenvalue weighted by Crippen LogP contribution is 2.36. The number of halogens is 1. The third-order valence-corrected chi connectivity index (χ3v) is 11.0. The van der Waals surface area contributed by atoms with E-state index in [-0.39, 0.29) is 5.04 Å². The molecule has 0 atom stereocenters. The summed E-state index contributed by atoms with van der Waals surface area (Å²) in [4.78, 5) is 11.7. The summed E-state index contributed by atoms with van der Waals surface area (Å²) in [5.41, 5.74) is 2.45. The molecule has 160 valence electrons. The van der Waals surface area contributed by atoms with Crippen LogP contribution in [0, 0.1) is 0 Å². The molecule has 0 radical (unpaired) electrons. The van der Waals surface area contributed by atoms with E-state index in [9.17, 15) is 0 Å². The molecule has 0 fully saturated rings. The van der Waals surface area contributed by atoms with E-state index in [0.717, 1.165) is 43.6 Å². The first-order valence-corrected chi connectivity index (χ1v) is 13.7. The fourth-order valence-corrected chi connectivity index (χ4v) is 4.57. The van der Waals surface area contributed by atoms with Crippen LogP contribution in [0.2, 0.25) is 23.2 Å². The Hall–Kier alpha value is -1.50. The number of benzene rings is 1. The molecule has 0 aliphatic carbocycles. The molecule has 29 heavy (non-hydrogen) atoms. The standard InChI is InChI=1S/C22H35ClN4OSi/c1-22(2,3)29(5,6)28-13-7-12-26-15-20-21(25(4)17-26)24-16-27(20)14-18-8-10-19(23)11-9-18/h8-11,15H,7,12-14,16-17H2,1-6H3. The Morgan fingerprint density at radius 1 is 1.17 bits per heavy atom. The van der Waals surface area contributed by atoms with Gasteiger partial charge in [0.15, 0.2) is 14.2 Å². The van der Waals surface area contributed by atoms with Gasteiger partial charge in [-0.2, -0.15) is 0 Å². The van der Waals surface area contributed by atoms with Gasteiger partial charge < -0.3 is 19.1 Å². The van der Waals surface area contributed by atoms with E-state index < -0.39 is 8.32 Å². The Bertz CT molecular complexity index is 770. The molecule has 2 heterocycles. The van der Waals surface area contributed by atoms with Gasteiger partial charge in [0.2, 0.25) is 0 Å². The number of likely N-dealkylation sites (N-methyl/N-ethyl adjacent to an activating group) is 1. The van der Waals surface area contributed by atoms with Crippen molar-refractivity contribution >= 4 is 25.8 Å². The van der Waals surface area contributed by atoms with Crippen molar-refractivity contribution in [2.45, 2.75) is 51.9 Å². The Kier molecular flexibility index (Phi) is 6.66. The number of aliphatic imine (C=N–C) groups is 1. The molecule has 0 unspecified atom stereocenters. The Labute approximate surface area is 182 Å². The zero-order chi connectivity index (χ0) is 21.2. The van der Waals surface area contributed by atoms with Crippen molar-refractivity contribution < 1.29 is 4.43 Å². The average molecular weight is 435 g/mol. The van der Waals surface area contributed by atoms with Crippen LogP contribution >= 0.6 is 11.6 Å². The fourth-order valence-electron chi connectivity index (χ4n) is 3.35. The van der Waals surface area contributed by atoms with Gasteiger partial charge in [0.05, 0.1) is 12.4 Å². The molecule has 2 aliphatic rings. The molecular formula is C22H35ClN4OSi. The maximum Gasteiger partial charge on any atom is 0.191 e. The van der Waals surface area contributed by atoms with Gasteiger partial charge in [-0.05, 0) is 42.2 Å². The smallest absolute Gasteiger partial charge is 0.191 e. The number of nitrogens with zero attached hydrogens (tertiary/aromatic N) is 4. The number of hydrogen-bond donors (Lipinski definition) is 0. The van der Waals surface area contributed by atoms with Gasteiger partial charge in [-0.1, -0.05) is 44.5 Å². The number of fused-ring (bicyclic) bond motifs is 1. The largest absolute Gasteiger partial charge is 0.417 e. The highest BCUT2D eigenvalue weighted by molar-refractivity contribution is 6.74. The maximum absolute atomic E-state index is 6.34. The van der Waals surface area contributed by atoms with E-state index in [4.69, 9.17) is 21.0 Å². The molecule has 0 saturated heterocycles.